The Labute approximate surface area is 285 Å². The van der Waals surface area contributed by atoms with Gasteiger partial charge in [-0.1, -0.05) is 54.6 Å². The van der Waals surface area contributed by atoms with Gasteiger partial charge in [0.1, 0.15) is 28.7 Å². The third-order valence-corrected chi connectivity index (χ3v) is 6.25. The number of nitrogens with zero attached hydrogens (tertiary/aromatic N) is 2. The van der Waals surface area contributed by atoms with Crippen LogP contribution in [0.25, 0.3) is 11.1 Å². The van der Waals surface area contributed by atoms with Gasteiger partial charge in [-0.05, 0) is 30.2 Å². The first-order valence-electron chi connectivity index (χ1n) is 13.2. The summed E-state index contributed by atoms with van der Waals surface area (Å²) >= 11 is -0.556. The molecule has 0 fully saturated rings. The fraction of sp³-hybridized carbons (Fsp3) is 0.0303. The van der Waals surface area contributed by atoms with Gasteiger partial charge in [0.15, 0.2) is 34.9 Å². The minimum absolute atomic E-state index is 0.0598. The molecule has 0 heterocycles. The predicted octanol–water partition coefficient (Wildman–Crippen LogP) is 10.8. The van der Waals surface area contributed by atoms with Gasteiger partial charge >= 0.3 is 35.6 Å². The maximum absolute atomic E-state index is 13.6. The molecular formula is C33H20Cl2F8N2O2Ti. The van der Waals surface area contributed by atoms with Gasteiger partial charge in [-0.3, -0.25) is 0 Å². The van der Waals surface area contributed by atoms with Gasteiger partial charge in [-0.15, -0.1) is 0 Å². The zero-order chi connectivity index (χ0) is 35.5. The number of phenolic OH excluding ortho intramolecular Hbond substituents is 2. The van der Waals surface area contributed by atoms with E-state index in [1.54, 1.807) is 31.2 Å². The van der Waals surface area contributed by atoms with Crippen LogP contribution < -0.4 is 0 Å². The van der Waals surface area contributed by atoms with Crippen LogP contribution in [-0.2, 0) is 17.0 Å². The Bertz CT molecular complexity index is 1910. The second kappa shape index (κ2) is 17.8. The summed E-state index contributed by atoms with van der Waals surface area (Å²) in [6.45, 7) is 1.57. The third-order valence-electron chi connectivity index (χ3n) is 6.25. The molecule has 0 aliphatic heterocycles. The fourth-order valence-corrected chi connectivity index (χ4v) is 3.93. The van der Waals surface area contributed by atoms with Crippen molar-refractivity contribution in [2.45, 2.75) is 6.92 Å². The molecule has 0 spiro atoms. The molecule has 15 heteroatoms. The molecule has 48 heavy (non-hydrogen) atoms. The van der Waals surface area contributed by atoms with E-state index in [0.717, 1.165) is 18.0 Å². The standard InChI is InChI=1S/C19H12F3NO.C14H8F5NO.2ClH.Ti/c20-14-9-16(21)18(17(22)10-14)23-11-13-7-4-8-15(19(13)24)12-5-2-1-3-6-12;1-6-3-2-4-7(14(6)21)5-20-13-11(18)9(16)8(15)10(17)12(13)19;;;/h1-11,24H;2-5,21H,1H3;2*1H;/q;;;;+2/p-2. The topological polar surface area (TPSA) is 65.2 Å². The number of rotatable bonds is 5. The molecule has 0 atom stereocenters. The number of halogens is 10. The van der Waals surface area contributed by atoms with Gasteiger partial charge in [0.05, 0.1) is 0 Å². The molecule has 0 unspecified atom stereocenters. The molecule has 0 aliphatic carbocycles. The molecule has 0 saturated carbocycles. The zero-order valence-electron chi connectivity index (χ0n) is 24.2. The molecule has 5 rings (SSSR count). The van der Waals surface area contributed by atoms with Crippen molar-refractivity contribution in [1.29, 1.82) is 0 Å². The second-order valence-corrected chi connectivity index (χ2v) is 11.9. The van der Waals surface area contributed by atoms with Crippen molar-refractivity contribution in [2.24, 2.45) is 9.98 Å². The van der Waals surface area contributed by atoms with Gasteiger partial charge in [-0.2, -0.15) is 0 Å². The van der Waals surface area contributed by atoms with Gasteiger partial charge in [0.25, 0.3) is 0 Å². The van der Waals surface area contributed by atoms with E-state index in [4.69, 9.17) is 18.6 Å². The normalized spacial score (nSPS) is 10.8. The zero-order valence-corrected chi connectivity index (χ0v) is 27.3. The molecule has 2 N–H and O–H groups in total. The molecule has 0 saturated heterocycles. The number of phenols is 2. The summed E-state index contributed by atoms with van der Waals surface area (Å²) in [4.78, 5) is 6.97. The summed E-state index contributed by atoms with van der Waals surface area (Å²) in [6, 6.07) is 19.7. The average molecular weight is 747 g/mol. The Morgan fingerprint density at radius 1 is 0.583 bits per heavy atom. The molecule has 5 aromatic rings. The van der Waals surface area contributed by atoms with Gasteiger partial charge in [0.2, 0.25) is 5.82 Å². The molecule has 248 valence electrons. The van der Waals surface area contributed by atoms with Crippen LogP contribution in [0, 0.1) is 53.5 Å². The molecule has 0 aromatic heterocycles. The van der Waals surface area contributed by atoms with E-state index in [9.17, 15) is 45.3 Å². The third kappa shape index (κ3) is 9.44. The summed E-state index contributed by atoms with van der Waals surface area (Å²) in [7, 11) is 9.78. The van der Waals surface area contributed by atoms with E-state index in [1.807, 2.05) is 30.3 Å². The minimum atomic E-state index is -2.25. The SMILES string of the molecule is Cc1cccc(C=Nc2c(F)c(F)c(F)c(F)c2F)c1O.Oc1c(C=Nc2c(F)cc(F)cc2F)cccc1-c1ccccc1.[Cl][Ti][Cl]. The predicted molar refractivity (Wildman–Crippen MR) is 165 cm³/mol. The molecule has 4 nitrogen and oxygen atoms in total. The van der Waals surface area contributed by atoms with Gasteiger partial charge < -0.3 is 10.2 Å². The molecule has 0 radical (unpaired) electrons. The van der Waals surface area contributed by atoms with Crippen molar-refractivity contribution >= 4 is 42.4 Å². The Balaban J connectivity index is 0.000000243. The first-order chi connectivity index (χ1) is 22.8. The van der Waals surface area contributed by atoms with Crippen LogP contribution in [0.3, 0.4) is 0 Å². The Hall–Kier alpha value is -4.23. The van der Waals surface area contributed by atoms with Crippen molar-refractivity contribution in [3.63, 3.8) is 0 Å². The quantitative estimate of drug-likeness (QED) is 0.0618. The summed E-state index contributed by atoms with van der Waals surface area (Å²) in [5.74, 6) is -14.0. The van der Waals surface area contributed by atoms with Crippen molar-refractivity contribution < 1.29 is 62.4 Å². The van der Waals surface area contributed by atoms with E-state index in [2.05, 4.69) is 9.98 Å². The Morgan fingerprint density at radius 2 is 1.04 bits per heavy atom. The van der Waals surface area contributed by atoms with Crippen molar-refractivity contribution in [2.75, 3.05) is 0 Å². The van der Waals surface area contributed by atoms with E-state index in [0.29, 0.717) is 28.8 Å². The van der Waals surface area contributed by atoms with Crippen LogP contribution in [0.5, 0.6) is 11.5 Å². The number of benzene rings is 5. The number of hydrogen-bond acceptors (Lipinski definition) is 4. The summed E-state index contributed by atoms with van der Waals surface area (Å²) in [5, 5.41) is 20.0. The van der Waals surface area contributed by atoms with E-state index in [-0.39, 0.29) is 17.1 Å². The van der Waals surface area contributed by atoms with E-state index >= 15 is 0 Å². The molecular weight excluding hydrogens is 727 g/mol. The Kier molecular flexibility index (Phi) is 14.2. The summed E-state index contributed by atoms with van der Waals surface area (Å²) < 4.78 is 106. The molecule has 5 aromatic carbocycles. The van der Waals surface area contributed by atoms with Crippen LogP contribution in [0.2, 0.25) is 0 Å². The van der Waals surface area contributed by atoms with E-state index in [1.165, 1.54) is 12.1 Å². The van der Waals surface area contributed by atoms with Crippen LogP contribution >= 0.6 is 18.6 Å². The number of aliphatic imine (C=N–C) groups is 2. The van der Waals surface area contributed by atoms with Crippen molar-refractivity contribution in [1.82, 2.24) is 0 Å². The van der Waals surface area contributed by atoms with Crippen molar-refractivity contribution in [3.8, 4) is 22.6 Å². The number of para-hydroxylation sites is 2. The van der Waals surface area contributed by atoms with Crippen LogP contribution in [0.15, 0.2) is 88.8 Å². The first kappa shape index (κ1) is 38.2. The van der Waals surface area contributed by atoms with Gasteiger partial charge in [-0.25, -0.2) is 45.1 Å². The van der Waals surface area contributed by atoms with Crippen LogP contribution in [-0.4, -0.2) is 22.6 Å². The Morgan fingerprint density at radius 3 is 1.58 bits per heavy atom. The van der Waals surface area contributed by atoms with E-state index < -0.39 is 74.9 Å². The van der Waals surface area contributed by atoms with Crippen LogP contribution in [0.1, 0.15) is 16.7 Å². The number of aryl methyl sites for hydroxylation is 1. The average Bonchev–Trinajstić information content (AvgIpc) is 3.06. The maximum atomic E-state index is 13.6. The number of hydrogen-bond donors (Lipinski definition) is 2. The molecule has 0 bridgehead atoms. The second-order valence-electron chi connectivity index (χ2n) is 9.35. The number of aromatic hydroxyl groups is 2. The first-order valence-corrected chi connectivity index (χ1v) is 17.5. The monoisotopic (exact) mass is 746 g/mol. The summed E-state index contributed by atoms with van der Waals surface area (Å²) in [5.41, 5.74) is 0.284. The fourth-order valence-electron chi connectivity index (χ4n) is 3.93. The summed E-state index contributed by atoms with van der Waals surface area (Å²) in [6.07, 6.45) is 1.96. The van der Waals surface area contributed by atoms with Crippen molar-refractivity contribution in [3.05, 3.63) is 142 Å². The molecule has 0 aliphatic rings. The van der Waals surface area contributed by atoms with Crippen LogP contribution in [0.4, 0.5) is 46.5 Å². The molecule has 0 amide bonds. The van der Waals surface area contributed by atoms with Gasteiger partial charge in [0, 0.05) is 41.3 Å².